The third-order valence-electron chi connectivity index (χ3n) is 5.11. The first-order valence-corrected chi connectivity index (χ1v) is 9.91. The Hall–Kier alpha value is -3.75. The minimum absolute atomic E-state index is 0.0912. The molecule has 9 nitrogen and oxygen atoms in total. The number of carbonyl (C=O) groups excluding carboxylic acids is 3. The predicted octanol–water partition coefficient (Wildman–Crippen LogP) is 2.42. The van der Waals surface area contributed by atoms with Crippen LogP contribution in [0, 0.1) is 5.92 Å². The SMILES string of the molecule is COc1ccc(NC(C)=O)cc1NC(=O)C1CC(=O)N(c2ccc3c(c2)OCCO3)C1. The van der Waals surface area contributed by atoms with E-state index in [0.717, 1.165) is 0 Å². The number of anilines is 3. The Kier molecular flexibility index (Phi) is 5.66. The van der Waals surface area contributed by atoms with Crippen molar-refractivity contribution in [3.05, 3.63) is 36.4 Å². The lowest BCUT2D eigenvalue weighted by molar-refractivity contribution is -0.122. The Balaban J connectivity index is 1.48. The molecule has 2 heterocycles. The smallest absolute Gasteiger partial charge is 0.229 e. The second-order valence-corrected chi connectivity index (χ2v) is 7.32. The summed E-state index contributed by atoms with van der Waals surface area (Å²) in [5.74, 6) is 0.484. The fourth-order valence-electron chi connectivity index (χ4n) is 3.65. The third kappa shape index (κ3) is 4.40. The molecular formula is C22H23N3O6. The van der Waals surface area contributed by atoms with Crippen molar-refractivity contribution >= 4 is 34.8 Å². The minimum atomic E-state index is -0.533. The number of ether oxygens (including phenoxy) is 3. The molecule has 0 bridgehead atoms. The largest absolute Gasteiger partial charge is 0.495 e. The molecule has 2 aliphatic rings. The highest BCUT2D eigenvalue weighted by atomic mass is 16.6. The van der Waals surface area contributed by atoms with Crippen molar-refractivity contribution in [2.24, 2.45) is 5.92 Å². The van der Waals surface area contributed by atoms with E-state index in [9.17, 15) is 14.4 Å². The van der Waals surface area contributed by atoms with Gasteiger partial charge in [-0.05, 0) is 30.3 Å². The third-order valence-corrected chi connectivity index (χ3v) is 5.11. The van der Waals surface area contributed by atoms with E-state index < -0.39 is 5.92 Å². The summed E-state index contributed by atoms with van der Waals surface area (Å²) in [7, 11) is 1.49. The van der Waals surface area contributed by atoms with E-state index in [-0.39, 0.29) is 30.7 Å². The molecule has 2 N–H and O–H groups in total. The van der Waals surface area contributed by atoms with Crippen LogP contribution in [0.4, 0.5) is 17.1 Å². The van der Waals surface area contributed by atoms with Crippen LogP contribution in [0.5, 0.6) is 17.2 Å². The number of fused-ring (bicyclic) bond motifs is 1. The predicted molar refractivity (Wildman–Crippen MR) is 114 cm³/mol. The Bertz CT molecular complexity index is 1040. The van der Waals surface area contributed by atoms with Crippen molar-refractivity contribution in [2.75, 3.05) is 42.4 Å². The van der Waals surface area contributed by atoms with E-state index in [1.165, 1.54) is 14.0 Å². The van der Waals surface area contributed by atoms with Gasteiger partial charge in [-0.1, -0.05) is 0 Å². The molecule has 1 atom stereocenters. The zero-order valence-corrected chi connectivity index (χ0v) is 17.3. The minimum Gasteiger partial charge on any atom is -0.495 e. The van der Waals surface area contributed by atoms with Crippen LogP contribution in [0.15, 0.2) is 36.4 Å². The summed E-state index contributed by atoms with van der Waals surface area (Å²) in [5.41, 5.74) is 1.61. The molecule has 0 aliphatic carbocycles. The average molecular weight is 425 g/mol. The number of benzene rings is 2. The van der Waals surface area contributed by atoms with Crippen LogP contribution in [-0.4, -0.2) is 44.6 Å². The maximum absolute atomic E-state index is 12.9. The lowest BCUT2D eigenvalue weighted by atomic mass is 10.1. The molecule has 0 aromatic heterocycles. The first-order chi connectivity index (χ1) is 14.9. The number of amides is 3. The molecule has 0 radical (unpaired) electrons. The van der Waals surface area contributed by atoms with Gasteiger partial charge in [0.15, 0.2) is 11.5 Å². The van der Waals surface area contributed by atoms with Crippen molar-refractivity contribution in [2.45, 2.75) is 13.3 Å². The summed E-state index contributed by atoms with van der Waals surface area (Å²) in [4.78, 5) is 38.4. The van der Waals surface area contributed by atoms with Crippen molar-refractivity contribution < 1.29 is 28.6 Å². The van der Waals surface area contributed by atoms with Gasteiger partial charge in [-0.25, -0.2) is 0 Å². The molecule has 2 aliphatic heterocycles. The van der Waals surface area contributed by atoms with Crippen LogP contribution >= 0.6 is 0 Å². The summed E-state index contributed by atoms with van der Waals surface area (Å²) < 4.78 is 16.4. The number of hydrogen-bond acceptors (Lipinski definition) is 6. The molecule has 2 aromatic carbocycles. The van der Waals surface area contributed by atoms with Crippen LogP contribution in [0.2, 0.25) is 0 Å². The fraction of sp³-hybridized carbons (Fsp3) is 0.318. The molecule has 1 unspecified atom stereocenters. The van der Waals surface area contributed by atoms with Gasteiger partial charge >= 0.3 is 0 Å². The van der Waals surface area contributed by atoms with Crippen molar-refractivity contribution in [3.8, 4) is 17.2 Å². The normalized spacial score (nSPS) is 17.3. The van der Waals surface area contributed by atoms with E-state index in [2.05, 4.69) is 10.6 Å². The highest BCUT2D eigenvalue weighted by Gasteiger charge is 2.36. The van der Waals surface area contributed by atoms with E-state index in [0.29, 0.717) is 47.5 Å². The van der Waals surface area contributed by atoms with Gasteiger partial charge in [0.05, 0.1) is 18.7 Å². The summed E-state index contributed by atoms with van der Waals surface area (Å²) in [6.45, 7) is 2.59. The summed E-state index contributed by atoms with van der Waals surface area (Å²) in [5, 5.41) is 5.49. The fourth-order valence-corrected chi connectivity index (χ4v) is 3.65. The number of hydrogen-bond donors (Lipinski definition) is 2. The molecule has 9 heteroatoms. The van der Waals surface area contributed by atoms with Crippen LogP contribution in [0.1, 0.15) is 13.3 Å². The van der Waals surface area contributed by atoms with Gasteiger partial charge in [0.25, 0.3) is 0 Å². The van der Waals surface area contributed by atoms with Crippen molar-refractivity contribution in [3.63, 3.8) is 0 Å². The molecule has 162 valence electrons. The first-order valence-electron chi connectivity index (χ1n) is 9.91. The molecule has 0 saturated carbocycles. The highest BCUT2D eigenvalue weighted by molar-refractivity contribution is 6.04. The van der Waals surface area contributed by atoms with E-state index in [1.54, 1.807) is 41.3 Å². The maximum Gasteiger partial charge on any atom is 0.229 e. The van der Waals surface area contributed by atoms with Crippen LogP contribution in [0.3, 0.4) is 0 Å². The standard InChI is InChI=1S/C22H23N3O6/c1-13(26)23-15-3-5-18(29-2)17(10-15)24-22(28)14-9-21(27)25(12-14)16-4-6-19-20(11-16)31-8-7-30-19/h3-6,10-11,14H,7-9,12H2,1-2H3,(H,23,26)(H,24,28). The summed E-state index contributed by atoms with van der Waals surface area (Å²) >= 11 is 0. The second kappa shape index (κ2) is 8.55. The molecule has 3 amide bonds. The van der Waals surface area contributed by atoms with Gasteiger partial charge < -0.3 is 29.7 Å². The van der Waals surface area contributed by atoms with E-state index in [1.807, 2.05) is 0 Å². The summed E-state index contributed by atoms with van der Waals surface area (Å²) in [6, 6.07) is 10.3. The number of nitrogens with zero attached hydrogens (tertiary/aromatic N) is 1. The molecule has 0 spiro atoms. The number of carbonyl (C=O) groups is 3. The van der Waals surface area contributed by atoms with Gasteiger partial charge in [0.1, 0.15) is 19.0 Å². The Labute approximate surface area is 179 Å². The highest BCUT2D eigenvalue weighted by Crippen LogP contribution is 2.36. The van der Waals surface area contributed by atoms with E-state index in [4.69, 9.17) is 14.2 Å². The first kappa shape index (κ1) is 20.5. The van der Waals surface area contributed by atoms with Gasteiger partial charge in [-0.15, -0.1) is 0 Å². The molecule has 1 fully saturated rings. The monoisotopic (exact) mass is 425 g/mol. The van der Waals surface area contributed by atoms with Gasteiger partial charge in [0.2, 0.25) is 17.7 Å². The molecule has 31 heavy (non-hydrogen) atoms. The van der Waals surface area contributed by atoms with Crippen LogP contribution in [-0.2, 0) is 14.4 Å². The molecular weight excluding hydrogens is 402 g/mol. The second-order valence-electron chi connectivity index (χ2n) is 7.32. The van der Waals surface area contributed by atoms with Gasteiger partial charge in [0, 0.05) is 37.3 Å². The number of rotatable bonds is 5. The van der Waals surface area contributed by atoms with E-state index >= 15 is 0 Å². The topological polar surface area (TPSA) is 106 Å². The van der Waals surface area contributed by atoms with Crippen molar-refractivity contribution in [1.82, 2.24) is 0 Å². The van der Waals surface area contributed by atoms with Crippen LogP contribution < -0.4 is 29.7 Å². The van der Waals surface area contributed by atoms with Crippen LogP contribution in [0.25, 0.3) is 0 Å². The Morgan fingerprint density at radius 1 is 1.06 bits per heavy atom. The zero-order valence-electron chi connectivity index (χ0n) is 17.3. The van der Waals surface area contributed by atoms with Crippen molar-refractivity contribution in [1.29, 1.82) is 0 Å². The number of nitrogens with one attached hydrogen (secondary N) is 2. The maximum atomic E-state index is 12.9. The lowest BCUT2D eigenvalue weighted by Crippen LogP contribution is -2.28. The molecule has 4 rings (SSSR count). The lowest BCUT2D eigenvalue weighted by Gasteiger charge is -2.22. The molecule has 2 aromatic rings. The quantitative estimate of drug-likeness (QED) is 0.762. The average Bonchev–Trinajstić information content (AvgIpc) is 3.15. The van der Waals surface area contributed by atoms with Gasteiger partial charge in [-0.3, -0.25) is 14.4 Å². The Morgan fingerprint density at radius 3 is 2.58 bits per heavy atom. The van der Waals surface area contributed by atoms with Gasteiger partial charge in [-0.2, -0.15) is 0 Å². The molecule has 1 saturated heterocycles. The number of methoxy groups -OCH3 is 1. The zero-order chi connectivity index (χ0) is 22.0. The summed E-state index contributed by atoms with van der Waals surface area (Å²) in [6.07, 6.45) is 0.0912. The Morgan fingerprint density at radius 2 is 1.84 bits per heavy atom.